The molecule has 3 nitrogen and oxygen atoms in total. The molecular formula is C15H27N3. The minimum absolute atomic E-state index is 0.322. The maximum Gasteiger partial charge on any atom is 0.133 e. The van der Waals surface area contributed by atoms with Crippen LogP contribution in [-0.2, 0) is 0 Å². The normalized spacial score (nSPS) is 14.6. The van der Waals surface area contributed by atoms with Gasteiger partial charge in [-0.1, -0.05) is 19.9 Å². The summed E-state index contributed by atoms with van der Waals surface area (Å²) in [5, 5.41) is 3.29. The summed E-state index contributed by atoms with van der Waals surface area (Å²) in [6, 6.07) is 4.99. The van der Waals surface area contributed by atoms with Gasteiger partial charge in [0.1, 0.15) is 5.82 Å². The van der Waals surface area contributed by atoms with Crippen molar-refractivity contribution < 1.29 is 0 Å². The maximum atomic E-state index is 4.56. The first-order valence-corrected chi connectivity index (χ1v) is 6.82. The lowest BCUT2D eigenvalue weighted by atomic mass is 10.0. The predicted octanol–water partition coefficient (Wildman–Crippen LogP) is 3.23. The van der Waals surface area contributed by atoms with Gasteiger partial charge in [-0.05, 0) is 39.3 Å². The molecule has 1 aromatic heterocycles. The molecule has 0 aromatic carbocycles. The third kappa shape index (κ3) is 3.70. The molecule has 0 aliphatic carbocycles. The summed E-state index contributed by atoms with van der Waals surface area (Å²) in [4.78, 5) is 6.86. The molecule has 0 aliphatic heterocycles. The van der Waals surface area contributed by atoms with Crippen molar-refractivity contribution in [3.05, 3.63) is 23.9 Å². The molecule has 0 amide bonds. The number of anilines is 1. The molecular weight excluding hydrogens is 222 g/mol. The average molecular weight is 249 g/mol. The van der Waals surface area contributed by atoms with E-state index in [1.165, 1.54) is 12.0 Å². The Morgan fingerprint density at radius 1 is 1.28 bits per heavy atom. The Kier molecular flexibility index (Phi) is 5.60. The largest absolute Gasteiger partial charge is 0.357 e. The zero-order chi connectivity index (χ0) is 13.7. The van der Waals surface area contributed by atoms with E-state index in [-0.39, 0.29) is 0 Å². The van der Waals surface area contributed by atoms with Crippen molar-refractivity contribution in [2.45, 2.75) is 46.2 Å². The Balaban J connectivity index is 2.94. The van der Waals surface area contributed by atoms with Crippen LogP contribution in [0, 0.1) is 5.92 Å². The van der Waals surface area contributed by atoms with Gasteiger partial charge in [0.15, 0.2) is 0 Å². The van der Waals surface area contributed by atoms with Crippen LogP contribution in [0.3, 0.4) is 0 Å². The Hall–Kier alpha value is -1.09. The van der Waals surface area contributed by atoms with Crippen LogP contribution in [0.4, 0.5) is 5.82 Å². The Labute approximate surface area is 112 Å². The number of nitrogens with zero attached hydrogens (tertiary/aromatic N) is 2. The highest BCUT2D eigenvalue weighted by molar-refractivity contribution is 5.48. The molecule has 0 saturated carbocycles. The number of hydrogen-bond acceptors (Lipinski definition) is 3. The van der Waals surface area contributed by atoms with E-state index in [0.717, 1.165) is 5.82 Å². The molecule has 0 radical (unpaired) electrons. The van der Waals surface area contributed by atoms with Gasteiger partial charge in [-0.3, -0.25) is 0 Å². The molecule has 1 aromatic rings. The van der Waals surface area contributed by atoms with Crippen LogP contribution >= 0.6 is 0 Å². The minimum Gasteiger partial charge on any atom is -0.357 e. The third-order valence-electron chi connectivity index (χ3n) is 3.52. The minimum atomic E-state index is 0.322. The summed E-state index contributed by atoms with van der Waals surface area (Å²) >= 11 is 0. The molecule has 0 bridgehead atoms. The lowest BCUT2D eigenvalue weighted by Gasteiger charge is -2.30. The lowest BCUT2D eigenvalue weighted by Crippen LogP contribution is -2.32. The topological polar surface area (TPSA) is 28.2 Å². The number of hydrogen-bond donors (Lipinski definition) is 1. The molecule has 1 heterocycles. The molecule has 0 aliphatic rings. The first-order valence-electron chi connectivity index (χ1n) is 6.82. The van der Waals surface area contributed by atoms with Crippen molar-refractivity contribution >= 4 is 5.82 Å². The summed E-state index contributed by atoms with van der Waals surface area (Å²) in [6.45, 7) is 8.96. The van der Waals surface area contributed by atoms with E-state index in [2.05, 4.69) is 56.0 Å². The summed E-state index contributed by atoms with van der Waals surface area (Å²) in [6.07, 6.45) is 3.06. The molecule has 0 fully saturated rings. The van der Waals surface area contributed by atoms with Crippen LogP contribution in [0.25, 0.3) is 0 Å². The molecule has 18 heavy (non-hydrogen) atoms. The molecule has 3 heteroatoms. The van der Waals surface area contributed by atoms with Crippen molar-refractivity contribution in [1.29, 1.82) is 0 Å². The lowest BCUT2D eigenvalue weighted by molar-refractivity contribution is 0.499. The molecule has 102 valence electrons. The molecule has 2 atom stereocenters. The van der Waals surface area contributed by atoms with Crippen molar-refractivity contribution in [2.75, 3.05) is 19.0 Å². The predicted molar refractivity (Wildman–Crippen MR) is 79.0 cm³/mol. The van der Waals surface area contributed by atoms with E-state index in [1.54, 1.807) is 0 Å². The summed E-state index contributed by atoms with van der Waals surface area (Å²) < 4.78 is 0. The van der Waals surface area contributed by atoms with E-state index in [9.17, 15) is 0 Å². The number of aromatic nitrogens is 1. The molecule has 1 rings (SSSR count). The second-order valence-electron chi connectivity index (χ2n) is 5.52. The Bertz CT molecular complexity index is 363. The van der Waals surface area contributed by atoms with E-state index in [4.69, 9.17) is 0 Å². The highest BCUT2D eigenvalue weighted by Crippen LogP contribution is 2.25. The number of nitrogens with one attached hydrogen (secondary N) is 1. The van der Waals surface area contributed by atoms with E-state index in [0.29, 0.717) is 18.0 Å². The zero-order valence-electron chi connectivity index (χ0n) is 12.6. The molecule has 2 unspecified atom stereocenters. The quantitative estimate of drug-likeness (QED) is 0.839. The Morgan fingerprint density at radius 3 is 2.50 bits per heavy atom. The van der Waals surface area contributed by atoms with Gasteiger partial charge >= 0.3 is 0 Å². The summed E-state index contributed by atoms with van der Waals surface area (Å²) in [5.41, 5.74) is 1.26. The van der Waals surface area contributed by atoms with Crippen LogP contribution in [0.5, 0.6) is 0 Å². The van der Waals surface area contributed by atoms with Gasteiger partial charge in [0.2, 0.25) is 0 Å². The van der Waals surface area contributed by atoms with Crippen LogP contribution < -0.4 is 10.2 Å². The highest BCUT2D eigenvalue weighted by Gasteiger charge is 2.18. The second-order valence-corrected chi connectivity index (χ2v) is 5.52. The van der Waals surface area contributed by atoms with Crippen LogP contribution in [0.15, 0.2) is 18.3 Å². The number of pyridine rings is 1. The third-order valence-corrected chi connectivity index (χ3v) is 3.52. The monoisotopic (exact) mass is 249 g/mol. The van der Waals surface area contributed by atoms with Crippen LogP contribution in [-0.4, -0.2) is 25.1 Å². The van der Waals surface area contributed by atoms with Gasteiger partial charge < -0.3 is 10.2 Å². The second kappa shape index (κ2) is 6.74. The number of rotatable bonds is 6. The van der Waals surface area contributed by atoms with E-state index in [1.807, 2.05) is 19.3 Å². The fourth-order valence-corrected chi connectivity index (χ4v) is 2.25. The molecule has 0 spiro atoms. The van der Waals surface area contributed by atoms with Gasteiger partial charge in [-0.15, -0.1) is 0 Å². The molecule has 0 saturated heterocycles. The van der Waals surface area contributed by atoms with Crippen LogP contribution in [0.1, 0.15) is 45.7 Å². The van der Waals surface area contributed by atoms with Crippen molar-refractivity contribution in [1.82, 2.24) is 10.3 Å². The first kappa shape index (κ1) is 15.0. The molecule has 1 N–H and O–H groups in total. The highest BCUT2D eigenvalue weighted by atomic mass is 15.2. The maximum absolute atomic E-state index is 4.56. The van der Waals surface area contributed by atoms with Gasteiger partial charge in [-0.2, -0.15) is 0 Å². The van der Waals surface area contributed by atoms with E-state index < -0.39 is 0 Å². The van der Waals surface area contributed by atoms with Gasteiger partial charge in [-0.25, -0.2) is 4.98 Å². The average Bonchev–Trinajstić information content (AvgIpc) is 2.36. The summed E-state index contributed by atoms with van der Waals surface area (Å²) in [7, 11) is 4.13. The SMILES string of the molecule is CNC(C)c1cccnc1N(C)C(C)CC(C)C. The first-order chi connectivity index (χ1) is 8.47. The van der Waals surface area contributed by atoms with Gasteiger partial charge in [0.25, 0.3) is 0 Å². The van der Waals surface area contributed by atoms with Crippen molar-refractivity contribution in [2.24, 2.45) is 5.92 Å². The Morgan fingerprint density at radius 2 is 1.94 bits per heavy atom. The van der Waals surface area contributed by atoms with Crippen molar-refractivity contribution in [3.8, 4) is 0 Å². The van der Waals surface area contributed by atoms with Crippen LogP contribution in [0.2, 0.25) is 0 Å². The smallest absolute Gasteiger partial charge is 0.133 e. The fraction of sp³-hybridized carbons (Fsp3) is 0.667. The summed E-state index contributed by atoms with van der Waals surface area (Å²) in [5.74, 6) is 1.80. The standard InChI is InChI=1S/C15H27N3/c1-11(2)10-12(3)18(6)15-14(13(4)16-5)8-7-9-17-15/h7-9,11-13,16H,10H2,1-6H3. The zero-order valence-corrected chi connectivity index (χ0v) is 12.6. The fourth-order valence-electron chi connectivity index (χ4n) is 2.25. The van der Waals surface area contributed by atoms with Crippen molar-refractivity contribution in [3.63, 3.8) is 0 Å². The van der Waals surface area contributed by atoms with E-state index >= 15 is 0 Å². The van der Waals surface area contributed by atoms with Gasteiger partial charge in [0, 0.05) is 30.9 Å². The van der Waals surface area contributed by atoms with Gasteiger partial charge in [0.05, 0.1) is 0 Å².